The van der Waals surface area contributed by atoms with Crippen molar-refractivity contribution in [2.45, 2.75) is 6.42 Å². The van der Waals surface area contributed by atoms with Crippen molar-refractivity contribution >= 4 is 11.9 Å². The molecule has 0 aliphatic heterocycles. The van der Waals surface area contributed by atoms with Gasteiger partial charge in [-0.15, -0.1) is 0 Å². The van der Waals surface area contributed by atoms with Gasteiger partial charge in [-0.05, 0) is 5.56 Å². The van der Waals surface area contributed by atoms with Gasteiger partial charge in [0.15, 0.2) is 23.3 Å². The van der Waals surface area contributed by atoms with E-state index in [2.05, 4.69) is 4.99 Å². The molecule has 0 saturated carbocycles. The highest BCUT2D eigenvalue weighted by atomic mass is 19.2. The summed E-state index contributed by atoms with van der Waals surface area (Å²) in [6.45, 7) is 0. The van der Waals surface area contributed by atoms with Gasteiger partial charge >= 0.3 is 0 Å². The van der Waals surface area contributed by atoms with E-state index < -0.39 is 34.8 Å². The summed E-state index contributed by atoms with van der Waals surface area (Å²) in [7, 11) is 0. The molecule has 104 valence electrons. The lowest BCUT2D eigenvalue weighted by Crippen LogP contribution is -2.01. The minimum absolute atomic E-state index is 0.209. The fourth-order valence-electron chi connectivity index (χ4n) is 1.56. The van der Waals surface area contributed by atoms with E-state index in [1.165, 1.54) is 0 Å². The van der Waals surface area contributed by atoms with Crippen LogP contribution in [-0.4, -0.2) is 6.21 Å². The van der Waals surface area contributed by atoms with Gasteiger partial charge in [0.25, 0.3) is 0 Å². The molecule has 0 spiro atoms. The average Bonchev–Trinajstić information content (AvgIpc) is 2.48. The Bertz CT molecular complexity index is 623. The minimum Gasteiger partial charge on any atom is -0.254 e. The van der Waals surface area contributed by atoms with Gasteiger partial charge < -0.3 is 0 Å². The predicted molar refractivity (Wildman–Crippen MR) is 64.5 cm³/mol. The standard InChI is InChI=1S/C14H8F5N/c15-9-10(16)12(18)14(13(19)11(9)17)20-7-6-8-4-2-1-3-5-8/h1-5,7H,6H2. The molecule has 6 heteroatoms. The predicted octanol–water partition coefficient (Wildman–Crippen LogP) is 4.33. The van der Waals surface area contributed by atoms with E-state index in [-0.39, 0.29) is 6.42 Å². The average molecular weight is 285 g/mol. The SMILES string of the molecule is Fc1c(F)c(F)c(N=CCc2ccccc2)c(F)c1F. The van der Waals surface area contributed by atoms with Crippen LogP contribution in [-0.2, 0) is 6.42 Å². The van der Waals surface area contributed by atoms with Crippen LogP contribution in [0.15, 0.2) is 35.3 Å². The maximum atomic E-state index is 13.3. The lowest BCUT2D eigenvalue weighted by molar-refractivity contribution is 0.381. The van der Waals surface area contributed by atoms with Crippen LogP contribution in [0, 0.1) is 29.1 Å². The van der Waals surface area contributed by atoms with Crippen LogP contribution in [0.3, 0.4) is 0 Å². The lowest BCUT2D eigenvalue weighted by atomic mass is 10.2. The third kappa shape index (κ3) is 2.68. The fourth-order valence-corrected chi connectivity index (χ4v) is 1.56. The molecule has 0 N–H and O–H groups in total. The number of aliphatic imine (C=N–C) groups is 1. The molecule has 0 unspecified atom stereocenters. The topological polar surface area (TPSA) is 12.4 Å². The van der Waals surface area contributed by atoms with Crippen molar-refractivity contribution in [1.82, 2.24) is 0 Å². The number of halogens is 5. The first-order valence-electron chi connectivity index (χ1n) is 5.60. The zero-order chi connectivity index (χ0) is 14.7. The molecule has 2 aromatic carbocycles. The molecule has 0 fully saturated rings. The van der Waals surface area contributed by atoms with Gasteiger partial charge in [-0.3, -0.25) is 4.99 Å². The third-order valence-electron chi connectivity index (χ3n) is 2.58. The summed E-state index contributed by atoms with van der Waals surface area (Å²) in [5.41, 5.74) is -0.391. The molecule has 0 aromatic heterocycles. The highest BCUT2D eigenvalue weighted by Gasteiger charge is 2.25. The van der Waals surface area contributed by atoms with E-state index in [1.807, 2.05) is 0 Å². The van der Waals surface area contributed by atoms with Crippen LogP contribution < -0.4 is 0 Å². The second-order valence-corrected chi connectivity index (χ2v) is 3.92. The van der Waals surface area contributed by atoms with Crippen molar-refractivity contribution in [3.05, 3.63) is 65.0 Å². The first-order chi connectivity index (χ1) is 9.52. The molecule has 1 nitrogen and oxygen atoms in total. The molecule has 20 heavy (non-hydrogen) atoms. The first-order valence-corrected chi connectivity index (χ1v) is 5.60. The Balaban J connectivity index is 2.30. The Kier molecular flexibility index (Phi) is 4.12. The largest absolute Gasteiger partial charge is 0.254 e. The Morgan fingerprint density at radius 1 is 0.750 bits per heavy atom. The van der Waals surface area contributed by atoms with Gasteiger partial charge in [0.1, 0.15) is 5.69 Å². The Labute approximate surface area is 111 Å². The van der Waals surface area contributed by atoms with Crippen LogP contribution in [0.4, 0.5) is 27.6 Å². The van der Waals surface area contributed by atoms with Crippen molar-refractivity contribution in [3.8, 4) is 0 Å². The molecule has 0 radical (unpaired) electrons. The number of benzene rings is 2. The lowest BCUT2D eigenvalue weighted by Gasteiger charge is -2.03. The maximum Gasteiger partial charge on any atom is 0.200 e. The van der Waals surface area contributed by atoms with Gasteiger partial charge in [0.05, 0.1) is 0 Å². The zero-order valence-corrected chi connectivity index (χ0v) is 10.0. The molecule has 0 bridgehead atoms. The third-order valence-corrected chi connectivity index (χ3v) is 2.58. The van der Waals surface area contributed by atoms with Gasteiger partial charge in [-0.2, -0.15) is 0 Å². The van der Waals surface area contributed by atoms with Crippen LogP contribution in [0.5, 0.6) is 0 Å². The highest BCUT2D eigenvalue weighted by Crippen LogP contribution is 2.29. The molecule has 0 saturated heterocycles. The van der Waals surface area contributed by atoms with Gasteiger partial charge in [-0.25, -0.2) is 22.0 Å². The summed E-state index contributed by atoms with van der Waals surface area (Å²) in [6, 6.07) is 8.77. The Hall–Kier alpha value is -2.24. The molecule has 0 heterocycles. The van der Waals surface area contributed by atoms with Crippen LogP contribution >= 0.6 is 0 Å². The molecule has 0 aliphatic carbocycles. The monoisotopic (exact) mass is 285 g/mol. The van der Waals surface area contributed by atoms with Crippen LogP contribution in [0.25, 0.3) is 0 Å². The summed E-state index contributed by atoms with van der Waals surface area (Å²) in [6.07, 6.45) is 1.30. The van der Waals surface area contributed by atoms with E-state index in [1.54, 1.807) is 30.3 Å². The van der Waals surface area contributed by atoms with Crippen molar-refractivity contribution in [1.29, 1.82) is 0 Å². The van der Waals surface area contributed by atoms with E-state index >= 15 is 0 Å². The van der Waals surface area contributed by atoms with E-state index in [0.29, 0.717) is 0 Å². The van der Waals surface area contributed by atoms with Gasteiger partial charge in [-0.1, -0.05) is 30.3 Å². The smallest absolute Gasteiger partial charge is 0.200 e. The summed E-state index contributed by atoms with van der Waals surface area (Å²) < 4.78 is 65.2. The molecule has 2 aromatic rings. The summed E-state index contributed by atoms with van der Waals surface area (Å²) in [5, 5.41) is 0. The van der Waals surface area contributed by atoms with Crippen molar-refractivity contribution in [2.75, 3.05) is 0 Å². The minimum atomic E-state index is -2.19. The quantitative estimate of drug-likeness (QED) is 0.344. The summed E-state index contributed by atoms with van der Waals surface area (Å²) in [5.74, 6) is -10.1. The zero-order valence-electron chi connectivity index (χ0n) is 10.0. The second-order valence-electron chi connectivity index (χ2n) is 3.92. The Morgan fingerprint density at radius 2 is 1.25 bits per heavy atom. The van der Waals surface area contributed by atoms with Crippen molar-refractivity contribution in [2.24, 2.45) is 4.99 Å². The number of hydrogen-bond donors (Lipinski definition) is 0. The van der Waals surface area contributed by atoms with Gasteiger partial charge in [0, 0.05) is 12.6 Å². The number of rotatable bonds is 3. The molecule has 2 rings (SSSR count). The van der Waals surface area contributed by atoms with Gasteiger partial charge in [0.2, 0.25) is 5.82 Å². The van der Waals surface area contributed by atoms with Crippen LogP contribution in [0.1, 0.15) is 5.56 Å². The second kappa shape index (κ2) is 5.81. The first kappa shape index (κ1) is 14.2. The molecule has 0 amide bonds. The normalized spacial score (nSPS) is 11.2. The number of nitrogens with zero attached hydrogens (tertiary/aromatic N) is 1. The van der Waals surface area contributed by atoms with Crippen molar-refractivity contribution in [3.63, 3.8) is 0 Å². The summed E-state index contributed by atoms with van der Waals surface area (Å²) in [4.78, 5) is 3.34. The molecule has 0 atom stereocenters. The molecule has 0 aliphatic rings. The molecular weight excluding hydrogens is 277 g/mol. The molecular formula is C14H8F5N. The highest BCUT2D eigenvalue weighted by molar-refractivity contribution is 5.66. The Morgan fingerprint density at radius 3 is 1.80 bits per heavy atom. The fraction of sp³-hybridized carbons (Fsp3) is 0.0714. The summed E-state index contributed by atoms with van der Waals surface area (Å²) >= 11 is 0. The maximum absolute atomic E-state index is 13.3. The van der Waals surface area contributed by atoms with E-state index in [9.17, 15) is 22.0 Å². The van der Waals surface area contributed by atoms with E-state index in [4.69, 9.17) is 0 Å². The van der Waals surface area contributed by atoms with Crippen LogP contribution in [0.2, 0.25) is 0 Å². The number of hydrogen-bond acceptors (Lipinski definition) is 1. The van der Waals surface area contributed by atoms with Crippen molar-refractivity contribution < 1.29 is 22.0 Å². The van der Waals surface area contributed by atoms with E-state index in [0.717, 1.165) is 11.8 Å².